The zero-order valence-electron chi connectivity index (χ0n) is 17.1. The van der Waals surface area contributed by atoms with Crippen LogP contribution >= 0.6 is 11.8 Å². The summed E-state index contributed by atoms with van der Waals surface area (Å²) in [4.78, 5) is 17.9. The van der Waals surface area contributed by atoms with Gasteiger partial charge in [-0.25, -0.2) is 0 Å². The van der Waals surface area contributed by atoms with Crippen LogP contribution in [-0.4, -0.2) is 35.4 Å². The van der Waals surface area contributed by atoms with E-state index in [0.29, 0.717) is 5.25 Å². The number of nitrogens with one attached hydrogen (secondary N) is 2. The molecule has 6 heteroatoms. The van der Waals surface area contributed by atoms with Gasteiger partial charge in [0.15, 0.2) is 5.96 Å². The normalized spacial score (nSPS) is 12.6. The number of aromatic nitrogens is 1. The molecule has 2 rings (SSSR count). The monoisotopic (exact) mass is 400 g/mol. The van der Waals surface area contributed by atoms with Crippen LogP contribution in [0.4, 0.5) is 0 Å². The molecule has 1 heterocycles. The smallest absolute Gasteiger partial charge is 0.250 e. The van der Waals surface area contributed by atoms with Gasteiger partial charge in [0.1, 0.15) is 0 Å². The van der Waals surface area contributed by atoms with Gasteiger partial charge in [-0.15, -0.1) is 11.8 Å². The van der Waals surface area contributed by atoms with E-state index in [-0.39, 0.29) is 5.56 Å². The predicted molar refractivity (Wildman–Crippen MR) is 120 cm³/mol. The Hall–Kier alpha value is -2.21. The van der Waals surface area contributed by atoms with Crippen molar-refractivity contribution in [1.29, 1.82) is 0 Å². The molecule has 0 saturated carbocycles. The third kappa shape index (κ3) is 7.80. The van der Waals surface area contributed by atoms with E-state index in [1.807, 2.05) is 41.5 Å². The molecule has 0 bridgehead atoms. The second-order valence-electron chi connectivity index (χ2n) is 6.75. The minimum absolute atomic E-state index is 0.0766. The molecule has 2 aromatic rings. The third-order valence-corrected chi connectivity index (χ3v) is 5.40. The molecule has 1 aromatic carbocycles. The minimum Gasteiger partial charge on any atom is -0.357 e. The van der Waals surface area contributed by atoms with Crippen molar-refractivity contribution >= 4 is 17.7 Å². The number of hydrogen-bond acceptors (Lipinski definition) is 3. The average Bonchev–Trinajstić information content (AvgIpc) is 2.68. The quantitative estimate of drug-likeness (QED) is 0.276. The van der Waals surface area contributed by atoms with Gasteiger partial charge in [-0.1, -0.05) is 31.2 Å². The zero-order chi connectivity index (χ0) is 20.2. The SMILES string of the molecule is CCNC(=NCC(C)Sc1ccccc1)NCCCCn1c(C)cccc1=O. The van der Waals surface area contributed by atoms with Gasteiger partial charge in [-0.2, -0.15) is 0 Å². The molecule has 0 spiro atoms. The number of aryl methyl sites for hydroxylation is 1. The maximum absolute atomic E-state index is 11.9. The van der Waals surface area contributed by atoms with Crippen LogP contribution in [0.15, 0.2) is 63.2 Å². The van der Waals surface area contributed by atoms with Crippen LogP contribution in [0.25, 0.3) is 0 Å². The molecule has 1 unspecified atom stereocenters. The third-order valence-electron chi connectivity index (χ3n) is 4.30. The van der Waals surface area contributed by atoms with Gasteiger partial charge in [0.05, 0.1) is 6.54 Å². The summed E-state index contributed by atoms with van der Waals surface area (Å²) in [6, 6.07) is 15.8. The maximum Gasteiger partial charge on any atom is 0.250 e. The Labute approximate surface area is 172 Å². The first kappa shape index (κ1) is 22.1. The van der Waals surface area contributed by atoms with E-state index in [1.165, 1.54) is 4.90 Å². The topological polar surface area (TPSA) is 58.4 Å². The fourth-order valence-corrected chi connectivity index (χ4v) is 3.77. The first-order valence-electron chi connectivity index (χ1n) is 10.0. The van der Waals surface area contributed by atoms with Crippen molar-refractivity contribution in [3.8, 4) is 0 Å². The van der Waals surface area contributed by atoms with E-state index in [0.717, 1.165) is 50.7 Å². The Bertz CT molecular complexity index is 789. The largest absolute Gasteiger partial charge is 0.357 e. The van der Waals surface area contributed by atoms with E-state index in [1.54, 1.807) is 6.07 Å². The Morgan fingerprint density at radius 2 is 1.89 bits per heavy atom. The number of guanidine groups is 1. The summed E-state index contributed by atoms with van der Waals surface area (Å²) in [7, 11) is 0. The van der Waals surface area contributed by atoms with Crippen LogP contribution in [0.2, 0.25) is 0 Å². The molecule has 0 aliphatic carbocycles. The van der Waals surface area contributed by atoms with Crippen molar-refractivity contribution in [2.45, 2.75) is 50.3 Å². The lowest BCUT2D eigenvalue weighted by Gasteiger charge is -2.14. The number of unbranched alkanes of at least 4 members (excludes halogenated alkanes) is 1. The molecule has 0 aliphatic rings. The zero-order valence-corrected chi connectivity index (χ0v) is 18.0. The van der Waals surface area contributed by atoms with Crippen molar-refractivity contribution in [2.24, 2.45) is 4.99 Å². The number of rotatable bonds is 10. The summed E-state index contributed by atoms with van der Waals surface area (Å²) in [6.07, 6.45) is 1.94. The van der Waals surface area contributed by atoms with Crippen molar-refractivity contribution in [2.75, 3.05) is 19.6 Å². The predicted octanol–water partition coefficient (Wildman–Crippen LogP) is 3.67. The molecule has 0 radical (unpaired) electrons. The van der Waals surface area contributed by atoms with Crippen molar-refractivity contribution in [3.63, 3.8) is 0 Å². The number of aliphatic imine (C=N–C) groups is 1. The van der Waals surface area contributed by atoms with Gasteiger partial charge in [0.2, 0.25) is 0 Å². The Kier molecular flexibility index (Phi) is 9.69. The Morgan fingerprint density at radius 1 is 1.11 bits per heavy atom. The summed E-state index contributed by atoms with van der Waals surface area (Å²) in [5.74, 6) is 0.857. The van der Waals surface area contributed by atoms with Gasteiger partial charge >= 0.3 is 0 Å². The van der Waals surface area contributed by atoms with Gasteiger partial charge in [0.25, 0.3) is 5.56 Å². The minimum atomic E-state index is 0.0766. The molecule has 0 amide bonds. The number of thioether (sulfide) groups is 1. The molecule has 2 N–H and O–H groups in total. The highest BCUT2D eigenvalue weighted by Crippen LogP contribution is 2.22. The second-order valence-corrected chi connectivity index (χ2v) is 8.26. The van der Waals surface area contributed by atoms with E-state index >= 15 is 0 Å². The van der Waals surface area contributed by atoms with Crippen LogP contribution in [0, 0.1) is 6.92 Å². The number of pyridine rings is 1. The molecule has 1 atom stereocenters. The van der Waals surface area contributed by atoms with E-state index in [2.05, 4.69) is 48.7 Å². The van der Waals surface area contributed by atoms with E-state index in [9.17, 15) is 4.79 Å². The Morgan fingerprint density at radius 3 is 2.61 bits per heavy atom. The highest BCUT2D eigenvalue weighted by Gasteiger charge is 2.05. The van der Waals surface area contributed by atoms with Crippen LogP contribution in [0.5, 0.6) is 0 Å². The average molecular weight is 401 g/mol. The lowest BCUT2D eigenvalue weighted by atomic mass is 10.3. The molecular formula is C22H32N4OS. The fourth-order valence-electron chi connectivity index (χ4n) is 2.84. The standard InChI is InChI=1S/C22H32N4OS/c1-4-23-22(25-17-19(3)28-20-12-6-5-7-13-20)24-15-8-9-16-26-18(2)11-10-14-21(26)27/h5-7,10-14,19H,4,8-9,15-17H2,1-3H3,(H2,23,24,25). The molecule has 0 fully saturated rings. The van der Waals surface area contributed by atoms with Crippen LogP contribution in [0.1, 0.15) is 32.4 Å². The summed E-state index contributed by atoms with van der Waals surface area (Å²) in [5, 5.41) is 7.11. The number of nitrogens with zero attached hydrogens (tertiary/aromatic N) is 2. The fraction of sp³-hybridized carbons (Fsp3) is 0.455. The molecule has 5 nitrogen and oxygen atoms in total. The van der Waals surface area contributed by atoms with Gasteiger partial charge < -0.3 is 15.2 Å². The highest BCUT2D eigenvalue weighted by atomic mass is 32.2. The molecule has 1 aromatic heterocycles. The molecule has 152 valence electrons. The first-order valence-corrected chi connectivity index (χ1v) is 10.9. The Balaban J connectivity index is 1.74. The summed E-state index contributed by atoms with van der Waals surface area (Å²) < 4.78 is 1.84. The lowest BCUT2D eigenvalue weighted by Crippen LogP contribution is -2.38. The lowest BCUT2D eigenvalue weighted by molar-refractivity contribution is 0.575. The number of hydrogen-bond donors (Lipinski definition) is 2. The summed E-state index contributed by atoms with van der Waals surface area (Å²) >= 11 is 1.84. The van der Waals surface area contributed by atoms with Gasteiger partial charge in [0, 0.05) is 41.5 Å². The summed E-state index contributed by atoms with van der Waals surface area (Å²) in [5.41, 5.74) is 1.09. The van der Waals surface area contributed by atoms with E-state index < -0.39 is 0 Å². The first-order chi connectivity index (χ1) is 13.6. The van der Waals surface area contributed by atoms with Gasteiger partial charge in [-0.05, 0) is 44.9 Å². The van der Waals surface area contributed by atoms with Crippen LogP contribution in [-0.2, 0) is 6.54 Å². The van der Waals surface area contributed by atoms with Gasteiger partial charge in [-0.3, -0.25) is 9.79 Å². The molecule has 0 saturated heterocycles. The van der Waals surface area contributed by atoms with Crippen molar-refractivity contribution in [3.05, 3.63) is 64.6 Å². The summed E-state index contributed by atoms with van der Waals surface area (Å²) in [6.45, 7) is 9.44. The van der Waals surface area contributed by atoms with Crippen LogP contribution in [0.3, 0.4) is 0 Å². The molecular weight excluding hydrogens is 368 g/mol. The van der Waals surface area contributed by atoms with Crippen molar-refractivity contribution < 1.29 is 0 Å². The highest BCUT2D eigenvalue weighted by molar-refractivity contribution is 8.00. The van der Waals surface area contributed by atoms with Crippen LogP contribution < -0.4 is 16.2 Å². The number of benzene rings is 1. The molecule has 0 aliphatic heterocycles. The van der Waals surface area contributed by atoms with E-state index in [4.69, 9.17) is 4.99 Å². The second kappa shape index (κ2) is 12.3. The molecule has 28 heavy (non-hydrogen) atoms. The van der Waals surface area contributed by atoms with Crippen molar-refractivity contribution in [1.82, 2.24) is 15.2 Å². The maximum atomic E-state index is 11.9.